The number of imidazole rings is 1. The summed E-state index contributed by atoms with van der Waals surface area (Å²) < 4.78 is 49.9. The largest absolute Gasteiger partial charge is 0.495 e. The van der Waals surface area contributed by atoms with Gasteiger partial charge in [0.1, 0.15) is 5.75 Å². The molecule has 36 heavy (non-hydrogen) atoms. The molecule has 188 valence electrons. The van der Waals surface area contributed by atoms with E-state index in [0.717, 1.165) is 29.1 Å². The summed E-state index contributed by atoms with van der Waals surface area (Å²) in [4.78, 5) is 17.6. The Bertz CT molecular complexity index is 1450. The molecule has 0 amide bonds. The fourth-order valence-electron chi connectivity index (χ4n) is 4.16. The fourth-order valence-corrected chi connectivity index (χ4v) is 4.39. The van der Waals surface area contributed by atoms with E-state index in [1.807, 2.05) is 29.8 Å². The average Bonchev–Trinajstić information content (AvgIpc) is 3.28. The monoisotopic (exact) mass is 517 g/mol. The van der Waals surface area contributed by atoms with E-state index in [1.165, 1.54) is 16.8 Å². The molecule has 0 saturated carbocycles. The number of aliphatic hydroxyl groups is 1. The van der Waals surface area contributed by atoms with Gasteiger partial charge in [0, 0.05) is 31.0 Å². The second-order valence-electron chi connectivity index (χ2n) is 8.33. The molecule has 1 N–H and O–H groups in total. The van der Waals surface area contributed by atoms with Crippen molar-refractivity contribution in [2.75, 3.05) is 13.7 Å². The van der Waals surface area contributed by atoms with Gasteiger partial charge in [-0.2, -0.15) is 0 Å². The Balaban J connectivity index is 1.74. The highest BCUT2D eigenvalue weighted by molar-refractivity contribution is 6.30. The van der Waals surface area contributed by atoms with Crippen LogP contribution in [0.3, 0.4) is 0 Å². The van der Waals surface area contributed by atoms with E-state index in [2.05, 4.69) is 4.98 Å². The number of hydrogen-bond acceptors (Lipinski definition) is 4. The van der Waals surface area contributed by atoms with Crippen LogP contribution in [0.1, 0.15) is 34.8 Å². The van der Waals surface area contributed by atoms with Crippen LogP contribution < -0.4 is 10.3 Å². The van der Waals surface area contributed by atoms with Crippen molar-refractivity contribution in [2.45, 2.75) is 25.8 Å². The summed E-state index contributed by atoms with van der Waals surface area (Å²) in [5.41, 5.74) is 2.24. The minimum Gasteiger partial charge on any atom is -0.495 e. The Kier molecular flexibility index (Phi) is 7.51. The summed E-state index contributed by atoms with van der Waals surface area (Å²) in [5, 5.41) is 9.78. The van der Waals surface area contributed by atoms with Crippen LogP contribution in [0, 0.1) is 24.4 Å². The van der Waals surface area contributed by atoms with E-state index in [1.54, 1.807) is 19.5 Å². The number of rotatable bonds is 8. The van der Waals surface area contributed by atoms with Crippen LogP contribution in [0.15, 0.2) is 59.9 Å². The highest BCUT2D eigenvalue weighted by atomic mass is 35.5. The normalized spacial score (nSPS) is 12.1. The number of halogens is 4. The molecule has 1 atom stereocenters. The Labute approximate surface area is 210 Å². The van der Waals surface area contributed by atoms with Crippen molar-refractivity contribution in [2.24, 2.45) is 0 Å². The number of benzene rings is 2. The first-order chi connectivity index (χ1) is 17.2. The summed E-state index contributed by atoms with van der Waals surface area (Å²) in [6.07, 6.45) is 5.01. The lowest BCUT2D eigenvalue weighted by Crippen LogP contribution is -2.29. The Hall–Kier alpha value is -3.56. The molecule has 4 aromatic rings. The highest BCUT2D eigenvalue weighted by Gasteiger charge is 2.21. The van der Waals surface area contributed by atoms with Gasteiger partial charge < -0.3 is 19.0 Å². The number of aryl methyl sites for hydroxylation is 1. The van der Waals surface area contributed by atoms with Crippen LogP contribution in [0.5, 0.6) is 5.75 Å². The van der Waals surface area contributed by atoms with E-state index in [-0.39, 0.29) is 30.0 Å². The maximum atomic E-state index is 13.9. The number of hydrogen-bond donors (Lipinski definition) is 1. The first-order valence-corrected chi connectivity index (χ1v) is 11.4. The molecule has 1 unspecified atom stereocenters. The lowest BCUT2D eigenvalue weighted by Gasteiger charge is -2.21. The van der Waals surface area contributed by atoms with Crippen LogP contribution in [0.4, 0.5) is 13.2 Å². The number of methoxy groups -OCH3 is 1. The third kappa shape index (κ3) is 5.17. The molecule has 2 aromatic heterocycles. The van der Waals surface area contributed by atoms with Crippen molar-refractivity contribution in [3.8, 4) is 11.4 Å². The van der Waals surface area contributed by atoms with Gasteiger partial charge in [0.15, 0.2) is 17.5 Å². The maximum absolute atomic E-state index is 13.9. The van der Waals surface area contributed by atoms with Gasteiger partial charge in [-0.3, -0.25) is 4.79 Å². The van der Waals surface area contributed by atoms with Crippen LogP contribution in [0.25, 0.3) is 5.69 Å². The lowest BCUT2D eigenvalue weighted by molar-refractivity contribution is 0.266. The molecule has 0 aliphatic carbocycles. The molecule has 4 rings (SSSR count). The van der Waals surface area contributed by atoms with Crippen molar-refractivity contribution in [3.63, 3.8) is 0 Å². The number of ether oxygens (including phenoxy) is 1. The molecule has 0 saturated heterocycles. The number of aromatic nitrogens is 3. The smallest absolute Gasteiger partial charge is 0.254 e. The molecule has 0 fully saturated rings. The van der Waals surface area contributed by atoms with Crippen LogP contribution in [-0.2, 0) is 6.42 Å². The molecule has 0 spiro atoms. The van der Waals surface area contributed by atoms with E-state index in [0.29, 0.717) is 11.3 Å². The second kappa shape index (κ2) is 10.6. The van der Waals surface area contributed by atoms with Gasteiger partial charge in [0.25, 0.3) is 5.56 Å². The standard InChI is InChI=1S/C26H23ClF3N3O3/c1-15-12-32(14-31-15)23-4-3-16(8-24(23)36-2)7-18-9-19(27)13-33(26(18)35)22(5-6-34)17-10-20(28)25(30)21(29)11-17/h3-4,8-14,22,34H,5-7H2,1-2H3. The zero-order chi connectivity index (χ0) is 26.0. The van der Waals surface area contributed by atoms with Crippen molar-refractivity contribution in [1.29, 1.82) is 0 Å². The summed E-state index contributed by atoms with van der Waals surface area (Å²) in [5.74, 6) is -3.81. The van der Waals surface area contributed by atoms with E-state index >= 15 is 0 Å². The zero-order valence-electron chi connectivity index (χ0n) is 19.5. The highest BCUT2D eigenvalue weighted by Crippen LogP contribution is 2.28. The van der Waals surface area contributed by atoms with Gasteiger partial charge in [-0.25, -0.2) is 18.2 Å². The first kappa shape index (κ1) is 25.5. The average molecular weight is 518 g/mol. The summed E-state index contributed by atoms with van der Waals surface area (Å²) >= 11 is 6.31. The maximum Gasteiger partial charge on any atom is 0.254 e. The molecule has 0 aliphatic rings. The number of nitrogens with zero attached hydrogens (tertiary/aromatic N) is 3. The molecule has 0 bridgehead atoms. The Morgan fingerprint density at radius 3 is 2.44 bits per heavy atom. The lowest BCUT2D eigenvalue weighted by atomic mass is 10.0. The first-order valence-electron chi connectivity index (χ1n) is 11.1. The van der Waals surface area contributed by atoms with Crippen LogP contribution in [0.2, 0.25) is 5.02 Å². The van der Waals surface area contributed by atoms with E-state index < -0.39 is 29.1 Å². The minimum absolute atomic E-state index is 0.00239. The minimum atomic E-state index is -1.61. The number of aliphatic hydroxyl groups excluding tert-OH is 1. The molecular formula is C26H23ClF3N3O3. The van der Waals surface area contributed by atoms with Gasteiger partial charge in [0.05, 0.1) is 35.9 Å². The molecule has 2 heterocycles. The van der Waals surface area contributed by atoms with E-state index in [9.17, 15) is 23.1 Å². The topological polar surface area (TPSA) is 69.3 Å². The summed E-state index contributed by atoms with van der Waals surface area (Å²) in [6.45, 7) is 1.49. The zero-order valence-corrected chi connectivity index (χ0v) is 20.3. The second-order valence-corrected chi connectivity index (χ2v) is 8.76. The fraction of sp³-hybridized carbons (Fsp3) is 0.231. The van der Waals surface area contributed by atoms with Crippen LogP contribution >= 0.6 is 11.6 Å². The summed E-state index contributed by atoms with van der Waals surface area (Å²) in [6, 6.07) is 7.66. The predicted octanol–water partition coefficient (Wildman–Crippen LogP) is 4.98. The predicted molar refractivity (Wildman–Crippen MR) is 130 cm³/mol. The third-order valence-electron chi connectivity index (χ3n) is 5.84. The SMILES string of the molecule is COc1cc(Cc2cc(Cl)cn(C(CCO)c3cc(F)c(F)c(F)c3)c2=O)ccc1-n1cnc(C)c1. The summed E-state index contributed by atoms with van der Waals surface area (Å²) in [7, 11) is 1.54. The van der Waals surface area contributed by atoms with Gasteiger partial charge >= 0.3 is 0 Å². The van der Waals surface area contributed by atoms with E-state index in [4.69, 9.17) is 16.3 Å². The molecule has 2 aromatic carbocycles. The van der Waals surface area contributed by atoms with Gasteiger partial charge in [-0.1, -0.05) is 17.7 Å². The Morgan fingerprint density at radius 2 is 1.83 bits per heavy atom. The van der Waals surface area contributed by atoms with Crippen molar-refractivity contribution < 1.29 is 23.0 Å². The van der Waals surface area contributed by atoms with Crippen LogP contribution in [-0.4, -0.2) is 32.9 Å². The van der Waals surface area contributed by atoms with Crippen molar-refractivity contribution in [1.82, 2.24) is 14.1 Å². The molecule has 10 heteroatoms. The molecule has 0 radical (unpaired) electrons. The quantitative estimate of drug-likeness (QED) is 0.335. The third-order valence-corrected chi connectivity index (χ3v) is 6.05. The van der Waals surface area contributed by atoms with Gasteiger partial charge in [-0.05, 0) is 54.8 Å². The Morgan fingerprint density at radius 1 is 1.11 bits per heavy atom. The molecular weight excluding hydrogens is 495 g/mol. The van der Waals surface area contributed by atoms with Crippen molar-refractivity contribution >= 4 is 11.6 Å². The molecule has 0 aliphatic heterocycles. The molecule has 6 nitrogen and oxygen atoms in total. The van der Waals surface area contributed by atoms with Crippen molar-refractivity contribution in [3.05, 3.63) is 110 Å². The number of pyridine rings is 1. The van der Waals surface area contributed by atoms with Gasteiger partial charge in [-0.15, -0.1) is 0 Å². The van der Waals surface area contributed by atoms with Gasteiger partial charge in [0.2, 0.25) is 0 Å².